The lowest BCUT2D eigenvalue weighted by molar-refractivity contribution is -0.384. The number of nitrogens with zero attached hydrogens (tertiary/aromatic N) is 1. The molecule has 0 fully saturated rings. The fourth-order valence-corrected chi connectivity index (χ4v) is 5.50. The van der Waals surface area contributed by atoms with Crippen LogP contribution in [0.1, 0.15) is 162 Å². The van der Waals surface area contributed by atoms with Crippen molar-refractivity contribution < 1.29 is 28.7 Å². The van der Waals surface area contributed by atoms with Crippen molar-refractivity contribution in [3.8, 4) is 5.75 Å². The number of ether oxygens (including phenoxy) is 3. The fraction of sp³-hybridized carbons (Fsp3) is 0.778. The van der Waals surface area contributed by atoms with E-state index in [1.165, 1.54) is 75.6 Å². The highest BCUT2D eigenvalue weighted by Gasteiger charge is 2.17. The molecule has 0 aliphatic rings. The number of hydrogen-bond donors (Lipinski definition) is 0. The summed E-state index contributed by atoms with van der Waals surface area (Å²) in [5, 5.41) is 10.8. The summed E-state index contributed by atoms with van der Waals surface area (Å²) in [5.74, 6) is 0.846. The predicted octanol–water partition coefficient (Wildman–Crippen LogP) is 11.3. The summed E-state index contributed by atoms with van der Waals surface area (Å²) in [6, 6.07) is 5.40. The summed E-state index contributed by atoms with van der Waals surface area (Å²) >= 11 is 0. The lowest BCUT2D eigenvalue weighted by Crippen LogP contribution is -2.21. The van der Waals surface area contributed by atoms with Gasteiger partial charge in [-0.05, 0) is 56.6 Å². The first-order chi connectivity index (χ1) is 21.4. The van der Waals surface area contributed by atoms with Crippen LogP contribution >= 0.6 is 0 Å². The minimum Gasteiger partial charge on any atom is -0.466 e. The van der Waals surface area contributed by atoms with Crippen molar-refractivity contribution in [2.75, 3.05) is 6.61 Å². The van der Waals surface area contributed by atoms with E-state index in [1.54, 1.807) is 0 Å². The van der Waals surface area contributed by atoms with Gasteiger partial charge in [0.2, 0.25) is 0 Å². The van der Waals surface area contributed by atoms with Gasteiger partial charge in [0.05, 0.1) is 11.5 Å². The first kappa shape index (κ1) is 39.4. The first-order valence-corrected chi connectivity index (χ1v) is 17.7. The maximum atomic E-state index is 12.4. The third kappa shape index (κ3) is 21.1. The molecule has 2 unspecified atom stereocenters. The molecule has 2 atom stereocenters. The number of nitro benzene ring substituents is 1. The number of benzene rings is 1. The predicted molar refractivity (Wildman–Crippen MR) is 177 cm³/mol. The third-order valence-corrected chi connectivity index (χ3v) is 8.27. The Hall–Kier alpha value is -2.64. The lowest BCUT2D eigenvalue weighted by atomic mass is 9.92. The molecule has 0 saturated heterocycles. The van der Waals surface area contributed by atoms with Gasteiger partial charge in [-0.15, -0.1) is 0 Å². The summed E-state index contributed by atoms with van der Waals surface area (Å²) in [4.78, 5) is 34.9. The maximum Gasteiger partial charge on any atom is 0.514 e. The van der Waals surface area contributed by atoms with Gasteiger partial charge in [0, 0.05) is 18.6 Å². The molecule has 1 rings (SSSR count). The molecule has 0 saturated carbocycles. The highest BCUT2D eigenvalue weighted by atomic mass is 16.7. The molecule has 0 aliphatic carbocycles. The largest absolute Gasteiger partial charge is 0.514 e. The van der Waals surface area contributed by atoms with E-state index >= 15 is 0 Å². The lowest BCUT2D eigenvalue weighted by Gasteiger charge is -2.17. The van der Waals surface area contributed by atoms with Crippen LogP contribution in [0.3, 0.4) is 0 Å². The summed E-state index contributed by atoms with van der Waals surface area (Å²) < 4.78 is 16.4. The van der Waals surface area contributed by atoms with Crippen LogP contribution in [0.4, 0.5) is 10.5 Å². The molecule has 0 bridgehead atoms. The Kier molecular flexibility index (Phi) is 23.9. The molecule has 0 aliphatic heterocycles. The van der Waals surface area contributed by atoms with Crippen molar-refractivity contribution in [3.63, 3.8) is 0 Å². The molecule has 8 nitrogen and oxygen atoms in total. The minimum absolute atomic E-state index is 0.0610. The van der Waals surface area contributed by atoms with Crippen LogP contribution in [0.25, 0.3) is 0 Å². The van der Waals surface area contributed by atoms with Gasteiger partial charge in [0.1, 0.15) is 11.9 Å². The van der Waals surface area contributed by atoms with Crippen LogP contribution in [0, 0.1) is 16.0 Å². The van der Waals surface area contributed by atoms with E-state index in [-0.39, 0.29) is 23.5 Å². The molecule has 8 heteroatoms. The molecule has 0 N–H and O–H groups in total. The Balaban J connectivity index is 2.24. The summed E-state index contributed by atoms with van der Waals surface area (Å²) in [6.07, 6.45) is 22.7. The molecule has 1 aromatic carbocycles. The highest BCUT2D eigenvalue weighted by Crippen LogP contribution is 2.22. The fourth-order valence-electron chi connectivity index (χ4n) is 5.50. The second kappa shape index (κ2) is 26.7. The number of rotatable bonds is 28. The molecule has 0 heterocycles. The zero-order valence-electron chi connectivity index (χ0n) is 28.0. The van der Waals surface area contributed by atoms with Gasteiger partial charge in [0.15, 0.2) is 0 Å². The monoisotopic (exact) mass is 619 g/mol. The Morgan fingerprint density at radius 1 is 0.682 bits per heavy atom. The van der Waals surface area contributed by atoms with Crippen LogP contribution in [-0.2, 0) is 14.3 Å². The zero-order valence-corrected chi connectivity index (χ0v) is 28.0. The number of carbonyl (C=O) groups excluding carboxylic acids is 2. The number of nitro groups is 1. The van der Waals surface area contributed by atoms with Crippen molar-refractivity contribution >= 4 is 17.8 Å². The van der Waals surface area contributed by atoms with Crippen LogP contribution in [0.15, 0.2) is 24.3 Å². The average molecular weight is 620 g/mol. The molecular formula is C36H61NO7. The molecule has 0 spiro atoms. The molecule has 44 heavy (non-hydrogen) atoms. The third-order valence-electron chi connectivity index (χ3n) is 8.27. The van der Waals surface area contributed by atoms with E-state index in [0.29, 0.717) is 18.9 Å². The zero-order chi connectivity index (χ0) is 32.3. The SMILES string of the molecule is CCCCCCC(CCCC)CCOC(=O)CCCCCCCCC(CCCCCC)OC(=O)Oc1ccc([N+](=O)[O-])cc1. The molecular weight excluding hydrogens is 558 g/mol. The summed E-state index contributed by atoms with van der Waals surface area (Å²) in [7, 11) is 0. The molecule has 252 valence electrons. The highest BCUT2D eigenvalue weighted by molar-refractivity contribution is 5.69. The van der Waals surface area contributed by atoms with Gasteiger partial charge in [-0.2, -0.15) is 0 Å². The minimum atomic E-state index is -0.769. The van der Waals surface area contributed by atoms with Crippen LogP contribution < -0.4 is 4.74 Å². The van der Waals surface area contributed by atoms with Gasteiger partial charge >= 0.3 is 12.1 Å². The number of unbranched alkanes of at least 4 members (excludes halogenated alkanes) is 12. The van der Waals surface area contributed by atoms with Crippen LogP contribution in [0.2, 0.25) is 0 Å². The molecule has 0 aromatic heterocycles. The second-order valence-electron chi connectivity index (χ2n) is 12.2. The normalized spacial score (nSPS) is 12.4. The van der Waals surface area contributed by atoms with Crippen molar-refractivity contribution in [2.24, 2.45) is 5.92 Å². The summed E-state index contributed by atoms with van der Waals surface area (Å²) in [5.41, 5.74) is -0.0610. The Bertz CT molecular complexity index is 874. The van der Waals surface area contributed by atoms with Gasteiger partial charge in [-0.3, -0.25) is 14.9 Å². The van der Waals surface area contributed by atoms with Crippen molar-refractivity contribution in [3.05, 3.63) is 34.4 Å². The van der Waals surface area contributed by atoms with E-state index in [0.717, 1.165) is 83.5 Å². The van der Waals surface area contributed by atoms with E-state index in [4.69, 9.17) is 14.2 Å². The maximum absolute atomic E-state index is 12.4. The number of non-ortho nitro benzene ring substituents is 1. The average Bonchev–Trinajstić information content (AvgIpc) is 3.01. The second-order valence-corrected chi connectivity index (χ2v) is 12.2. The van der Waals surface area contributed by atoms with Gasteiger partial charge in [0.25, 0.3) is 5.69 Å². The first-order valence-electron chi connectivity index (χ1n) is 17.7. The van der Waals surface area contributed by atoms with E-state index in [2.05, 4.69) is 20.8 Å². The van der Waals surface area contributed by atoms with E-state index in [9.17, 15) is 19.7 Å². The van der Waals surface area contributed by atoms with Gasteiger partial charge < -0.3 is 14.2 Å². The van der Waals surface area contributed by atoms with Crippen LogP contribution in [0.5, 0.6) is 5.75 Å². The topological polar surface area (TPSA) is 105 Å². The van der Waals surface area contributed by atoms with Crippen molar-refractivity contribution in [2.45, 2.75) is 168 Å². The van der Waals surface area contributed by atoms with Gasteiger partial charge in [-0.25, -0.2) is 4.79 Å². The number of hydrogen-bond acceptors (Lipinski definition) is 7. The van der Waals surface area contributed by atoms with E-state index < -0.39 is 11.1 Å². The summed E-state index contributed by atoms with van der Waals surface area (Å²) in [6.45, 7) is 7.21. The van der Waals surface area contributed by atoms with E-state index in [1.807, 2.05) is 0 Å². The van der Waals surface area contributed by atoms with Crippen LogP contribution in [-0.4, -0.2) is 29.8 Å². The molecule has 1 aromatic rings. The Labute approximate surface area is 267 Å². The Morgan fingerprint density at radius 3 is 1.80 bits per heavy atom. The molecule has 0 radical (unpaired) electrons. The number of esters is 1. The smallest absolute Gasteiger partial charge is 0.466 e. The standard InChI is InChI=1S/C36H61NO7/c1-4-7-10-16-21-31(20-9-6-3)29-30-42-35(38)24-19-15-13-12-14-18-23-33(22-17-11-8-5-2)43-36(39)44-34-27-25-32(26-28-34)37(40)41/h25-28,31,33H,4-24,29-30H2,1-3H3. The van der Waals surface area contributed by atoms with Gasteiger partial charge in [-0.1, -0.05) is 117 Å². The number of carbonyl (C=O) groups is 2. The van der Waals surface area contributed by atoms with Crippen molar-refractivity contribution in [1.82, 2.24) is 0 Å². The quantitative estimate of drug-likeness (QED) is 0.0302. The molecule has 0 amide bonds. The Morgan fingerprint density at radius 2 is 1.20 bits per heavy atom. The van der Waals surface area contributed by atoms with Crippen molar-refractivity contribution in [1.29, 1.82) is 0 Å².